The molecule has 4 atom stereocenters. The van der Waals surface area contributed by atoms with Gasteiger partial charge in [0.15, 0.2) is 17.5 Å². The third kappa shape index (κ3) is 6.69. The van der Waals surface area contributed by atoms with E-state index in [4.69, 9.17) is 9.47 Å². The molecule has 1 heterocycles. The summed E-state index contributed by atoms with van der Waals surface area (Å²) in [6, 6.07) is 16.0. The molecule has 0 bridgehead atoms. The fraction of sp³-hybridized carbons (Fsp3) is 0.515. The van der Waals surface area contributed by atoms with Crippen LogP contribution in [0, 0.1) is 5.92 Å². The summed E-state index contributed by atoms with van der Waals surface area (Å²) in [4.78, 5) is 26.4. The van der Waals surface area contributed by atoms with Gasteiger partial charge in [0.1, 0.15) is 12.3 Å². The number of carbonyl (C=O) groups excluding carboxylic acids is 2. The summed E-state index contributed by atoms with van der Waals surface area (Å²) in [5.74, 6) is -1.06. The number of hydrogen-bond acceptors (Lipinski definition) is 5. The van der Waals surface area contributed by atoms with Gasteiger partial charge in [0, 0.05) is 24.7 Å². The topological polar surface area (TPSA) is 73.9 Å². The lowest BCUT2D eigenvalue weighted by Gasteiger charge is -2.62. The number of methoxy groups -OCH3 is 1. The van der Waals surface area contributed by atoms with Gasteiger partial charge in [0.05, 0.1) is 20.7 Å². The number of rotatable bonds is 9. The van der Waals surface area contributed by atoms with E-state index >= 15 is 0 Å². The molecule has 43 heavy (non-hydrogen) atoms. The van der Waals surface area contributed by atoms with Crippen molar-refractivity contribution in [3.63, 3.8) is 0 Å². The highest BCUT2D eigenvalue weighted by Crippen LogP contribution is 2.57. The van der Waals surface area contributed by atoms with E-state index in [0.717, 1.165) is 37.3 Å². The monoisotopic (exact) mass is 601 g/mol. The van der Waals surface area contributed by atoms with Crippen LogP contribution in [0.5, 0.6) is 5.75 Å². The minimum atomic E-state index is -5.05. The highest BCUT2D eigenvalue weighted by atomic mass is 19.4. The number of alkyl halides is 3. The number of nitrogens with zero attached hydrogens (tertiary/aromatic N) is 1. The van der Waals surface area contributed by atoms with Gasteiger partial charge in [-0.05, 0) is 61.4 Å². The Kier molecular flexibility index (Phi) is 8.53. The molecule has 3 aliphatic rings. The first-order valence-corrected chi connectivity index (χ1v) is 14.9. The number of amides is 1. The van der Waals surface area contributed by atoms with Gasteiger partial charge in [0.2, 0.25) is 0 Å². The number of halogens is 3. The summed E-state index contributed by atoms with van der Waals surface area (Å²) < 4.78 is 57.1. The zero-order chi connectivity index (χ0) is 30.9. The summed E-state index contributed by atoms with van der Waals surface area (Å²) in [6.45, 7) is 2.55. The number of esters is 1. The molecule has 2 saturated carbocycles. The molecule has 0 aromatic heterocycles. The molecule has 7 nitrogen and oxygen atoms in total. The minimum Gasteiger partial charge on any atom is -0.497 e. The first-order chi connectivity index (χ1) is 20.4. The normalized spacial score (nSPS) is 29.3. The molecule has 2 aromatic carbocycles. The number of carbonyl (C=O) groups is 2. The van der Waals surface area contributed by atoms with Crippen molar-refractivity contribution in [2.45, 2.75) is 75.4 Å². The molecule has 1 saturated heterocycles. The fourth-order valence-electron chi connectivity index (χ4n) is 7.45. The van der Waals surface area contributed by atoms with E-state index < -0.39 is 35.2 Å². The minimum absolute atomic E-state index is 0.333. The number of nitrogens with one attached hydrogen (secondary N) is 1. The molecule has 2 aliphatic carbocycles. The van der Waals surface area contributed by atoms with Crippen molar-refractivity contribution in [3.05, 3.63) is 71.5 Å². The smallest absolute Gasteiger partial charge is 0.497 e. The van der Waals surface area contributed by atoms with Crippen LogP contribution < -0.4 is 10.1 Å². The Balaban J connectivity index is 1.59. The van der Waals surface area contributed by atoms with Gasteiger partial charge in [-0.2, -0.15) is 0 Å². The van der Waals surface area contributed by atoms with Gasteiger partial charge in [-0.1, -0.05) is 48.9 Å². The molecule has 1 aliphatic heterocycles. The molecule has 5 rings (SSSR count). The van der Waals surface area contributed by atoms with Gasteiger partial charge in [-0.15, -0.1) is 13.2 Å². The maximum atomic E-state index is 13.7. The van der Waals surface area contributed by atoms with Crippen molar-refractivity contribution in [3.8, 4) is 5.75 Å². The average molecular weight is 602 g/mol. The Bertz CT molecular complexity index is 1360. The highest BCUT2D eigenvalue weighted by Gasteiger charge is 2.66. The third-order valence-corrected chi connectivity index (χ3v) is 9.40. The zero-order valence-electron chi connectivity index (χ0n) is 24.9. The summed E-state index contributed by atoms with van der Waals surface area (Å²) in [5, 5.41) is 2.98. The highest BCUT2D eigenvalue weighted by molar-refractivity contribution is 5.96. The van der Waals surface area contributed by atoms with Gasteiger partial charge in [0.25, 0.3) is 5.91 Å². The van der Waals surface area contributed by atoms with Crippen LogP contribution in [0.2, 0.25) is 0 Å². The summed E-state index contributed by atoms with van der Waals surface area (Å²) in [7, 11) is 3.61. The Labute approximate surface area is 250 Å². The van der Waals surface area contributed by atoms with Gasteiger partial charge in [-0.3, -0.25) is 14.9 Å². The summed E-state index contributed by atoms with van der Waals surface area (Å²) in [6.07, 6.45) is 1.05. The molecule has 0 radical (unpaired) electrons. The van der Waals surface area contributed by atoms with Crippen molar-refractivity contribution < 1.29 is 41.5 Å². The van der Waals surface area contributed by atoms with Gasteiger partial charge in [-0.25, -0.2) is 0 Å². The van der Waals surface area contributed by atoms with Crippen LogP contribution in [0.25, 0.3) is 6.08 Å². The second-order valence-electron chi connectivity index (χ2n) is 12.5. The first kappa shape index (κ1) is 30.9. The molecule has 0 spiro atoms. The van der Waals surface area contributed by atoms with Crippen molar-refractivity contribution in [2.24, 2.45) is 5.92 Å². The summed E-state index contributed by atoms with van der Waals surface area (Å²) >= 11 is 0. The van der Waals surface area contributed by atoms with Crippen LogP contribution in [0.15, 0.2) is 60.4 Å². The van der Waals surface area contributed by atoms with Crippen molar-refractivity contribution in [1.29, 1.82) is 0 Å². The zero-order valence-corrected chi connectivity index (χ0v) is 24.9. The molecule has 10 heteroatoms. The van der Waals surface area contributed by atoms with E-state index in [1.165, 1.54) is 6.92 Å². The maximum absolute atomic E-state index is 13.7. The lowest BCUT2D eigenvalue weighted by Crippen LogP contribution is -2.77. The van der Waals surface area contributed by atoms with Crippen LogP contribution >= 0.6 is 0 Å². The standard InChI is InChI=1S/C33H39F3N2O5/c1-23(39)42-32-17-8-7-16-31(32,26-12-9-13-27(19-26)41-3)20-29(38(2,22-32)21-25-14-15-25)37-30(40)28(43-33(34,35)36)18-24-10-5-4-6-11-24/h4-6,9-13,18-19,25,29H,7-8,14-17,20-22H2,1-3H3/p+1/t29-,31?,32?,38+/m0/s1. The average Bonchev–Trinajstić information content (AvgIpc) is 3.76. The Morgan fingerprint density at radius 1 is 1.07 bits per heavy atom. The van der Waals surface area contributed by atoms with E-state index in [1.54, 1.807) is 37.4 Å². The molecule has 2 unspecified atom stereocenters. The largest absolute Gasteiger partial charge is 0.573 e. The molecule has 2 aromatic rings. The molecule has 232 valence electrons. The second kappa shape index (κ2) is 11.9. The van der Waals surface area contributed by atoms with Crippen LogP contribution in [-0.4, -0.2) is 61.7 Å². The van der Waals surface area contributed by atoms with Crippen LogP contribution in [0.3, 0.4) is 0 Å². The predicted octanol–water partition coefficient (Wildman–Crippen LogP) is 6.09. The van der Waals surface area contributed by atoms with Gasteiger partial charge >= 0.3 is 12.3 Å². The van der Waals surface area contributed by atoms with Crippen molar-refractivity contribution >= 4 is 18.0 Å². The van der Waals surface area contributed by atoms with E-state index in [2.05, 4.69) is 10.1 Å². The molecule has 3 fully saturated rings. The Hall–Kier alpha value is -3.53. The third-order valence-electron chi connectivity index (χ3n) is 9.40. The number of likely N-dealkylation sites (tertiary alicyclic amines) is 1. The molecular weight excluding hydrogens is 561 g/mol. The lowest BCUT2D eigenvalue weighted by molar-refractivity contribution is -0.950. The number of quaternary nitrogens is 1. The Morgan fingerprint density at radius 3 is 2.44 bits per heavy atom. The number of benzene rings is 2. The Morgan fingerprint density at radius 2 is 1.79 bits per heavy atom. The van der Waals surface area contributed by atoms with Crippen molar-refractivity contribution in [1.82, 2.24) is 5.32 Å². The molecule has 1 N–H and O–H groups in total. The van der Waals surface area contributed by atoms with E-state index in [-0.39, 0.29) is 5.97 Å². The van der Waals surface area contributed by atoms with Crippen LogP contribution in [0.4, 0.5) is 13.2 Å². The maximum Gasteiger partial charge on any atom is 0.573 e. The lowest BCUT2D eigenvalue weighted by atomic mass is 9.55. The molecular formula is C33H40F3N2O5+. The van der Waals surface area contributed by atoms with Gasteiger partial charge < -0.3 is 18.7 Å². The number of piperidine rings is 1. The SMILES string of the molecule is COc1cccc(C23CCCCC2(OC(C)=O)C[N@@+](C)(CC2CC2)[C@H](NC(=O)C(=Cc2ccccc2)OC(F)(F)F)C3)c1. The first-order valence-electron chi connectivity index (χ1n) is 14.9. The quantitative estimate of drug-likeness (QED) is 0.163. The van der Waals surface area contributed by atoms with E-state index in [0.29, 0.717) is 54.1 Å². The molecule has 1 amide bonds. The van der Waals surface area contributed by atoms with E-state index in [1.807, 2.05) is 31.3 Å². The number of hydrogen-bond donors (Lipinski definition) is 1. The number of fused-ring (bicyclic) bond motifs is 1. The number of ether oxygens (including phenoxy) is 3. The summed E-state index contributed by atoms with van der Waals surface area (Å²) in [5.41, 5.74) is -0.223. The van der Waals surface area contributed by atoms with Crippen molar-refractivity contribution in [2.75, 3.05) is 27.2 Å². The second-order valence-corrected chi connectivity index (χ2v) is 12.5. The van der Waals surface area contributed by atoms with Crippen LogP contribution in [0.1, 0.15) is 63.0 Å². The fourth-order valence-corrected chi connectivity index (χ4v) is 7.45. The van der Waals surface area contributed by atoms with E-state index in [9.17, 15) is 22.8 Å². The number of likely N-dealkylation sites (N-methyl/N-ethyl adjacent to an activating group) is 1. The predicted molar refractivity (Wildman–Crippen MR) is 154 cm³/mol. The van der Waals surface area contributed by atoms with Crippen LogP contribution in [-0.2, 0) is 24.5 Å².